The number of halogens is 1. The Labute approximate surface area is 136 Å². The van der Waals surface area contributed by atoms with Crippen LogP contribution in [0.1, 0.15) is 29.8 Å². The van der Waals surface area contributed by atoms with Crippen LogP contribution in [0, 0.1) is 0 Å². The molecule has 0 fully saturated rings. The molecule has 0 spiro atoms. The molecule has 1 amide bonds. The minimum atomic E-state index is -0.209. The first-order chi connectivity index (χ1) is 10.1. The molecule has 0 aliphatic carbocycles. The van der Waals surface area contributed by atoms with Crippen molar-refractivity contribution in [3.05, 3.63) is 59.8 Å². The third-order valence-corrected chi connectivity index (χ3v) is 2.75. The summed E-state index contributed by atoms with van der Waals surface area (Å²) in [5, 5.41) is 2.73. The fourth-order valence-corrected chi connectivity index (χ4v) is 1.77. The van der Waals surface area contributed by atoms with E-state index in [1.807, 2.05) is 19.9 Å². The minimum Gasteiger partial charge on any atom is -0.383 e. The standard InChI is InChI=1S/C16H18N4O.ClH/c1-11(2)19-15(17)12-6-8-13(9-7-12)16(21)20-14-5-3-4-10-18-14;/h3-11H,1-2H3,(H2,17,19)(H,18,20,21);1H. The highest BCUT2D eigenvalue weighted by atomic mass is 35.5. The summed E-state index contributed by atoms with van der Waals surface area (Å²) in [7, 11) is 0. The molecule has 2 rings (SSSR count). The molecule has 0 atom stereocenters. The number of carbonyl (C=O) groups is 1. The van der Waals surface area contributed by atoms with E-state index < -0.39 is 0 Å². The fraction of sp³-hybridized carbons (Fsp3) is 0.188. The number of nitrogens with two attached hydrogens (primary N) is 1. The number of hydrogen-bond acceptors (Lipinski definition) is 3. The van der Waals surface area contributed by atoms with E-state index in [2.05, 4.69) is 15.3 Å². The van der Waals surface area contributed by atoms with Gasteiger partial charge in [0.05, 0.1) is 0 Å². The summed E-state index contributed by atoms with van der Waals surface area (Å²) in [6.07, 6.45) is 1.63. The number of amidine groups is 1. The van der Waals surface area contributed by atoms with Crippen molar-refractivity contribution in [2.24, 2.45) is 10.7 Å². The van der Waals surface area contributed by atoms with Gasteiger partial charge in [0.2, 0.25) is 0 Å². The van der Waals surface area contributed by atoms with Crippen LogP contribution in [-0.2, 0) is 0 Å². The van der Waals surface area contributed by atoms with E-state index in [0.29, 0.717) is 17.2 Å². The van der Waals surface area contributed by atoms with Crippen molar-refractivity contribution in [1.82, 2.24) is 4.98 Å². The minimum absolute atomic E-state index is 0. The first-order valence-electron chi connectivity index (χ1n) is 6.72. The maximum Gasteiger partial charge on any atom is 0.256 e. The van der Waals surface area contributed by atoms with Crippen LogP contribution in [-0.4, -0.2) is 22.8 Å². The number of nitrogens with one attached hydrogen (secondary N) is 1. The molecule has 0 radical (unpaired) electrons. The lowest BCUT2D eigenvalue weighted by atomic mass is 10.1. The van der Waals surface area contributed by atoms with E-state index in [1.165, 1.54) is 0 Å². The molecule has 5 nitrogen and oxygen atoms in total. The summed E-state index contributed by atoms with van der Waals surface area (Å²) in [6.45, 7) is 3.92. The zero-order chi connectivity index (χ0) is 15.2. The van der Waals surface area contributed by atoms with Crippen LogP contribution in [0.25, 0.3) is 0 Å². The number of rotatable bonds is 4. The summed E-state index contributed by atoms with van der Waals surface area (Å²) >= 11 is 0. The first-order valence-corrected chi connectivity index (χ1v) is 6.72. The van der Waals surface area contributed by atoms with Crippen LogP contribution in [0.4, 0.5) is 5.82 Å². The molecular formula is C16H19ClN4O. The van der Waals surface area contributed by atoms with Crippen molar-refractivity contribution in [2.75, 3.05) is 5.32 Å². The van der Waals surface area contributed by atoms with Crippen molar-refractivity contribution < 1.29 is 4.79 Å². The summed E-state index contributed by atoms with van der Waals surface area (Å²) in [5.41, 5.74) is 7.23. The maximum absolute atomic E-state index is 12.1. The molecule has 0 bridgehead atoms. The van der Waals surface area contributed by atoms with Gasteiger partial charge in [0.25, 0.3) is 5.91 Å². The fourth-order valence-electron chi connectivity index (χ4n) is 1.77. The highest BCUT2D eigenvalue weighted by molar-refractivity contribution is 6.05. The Hall–Kier alpha value is -2.40. The normalized spacial score (nSPS) is 11.0. The van der Waals surface area contributed by atoms with Gasteiger partial charge in [0.1, 0.15) is 11.7 Å². The lowest BCUT2D eigenvalue weighted by Crippen LogP contribution is -2.17. The monoisotopic (exact) mass is 318 g/mol. The van der Waals surface area contributed by atoms with Gasteiger partial charge in [-0.1, -0.05) is 18.2 Å². The highest BCUT2D eigenvalue weighted by Crippen LogP contribution is 2.08. The number of amides is 1. The summed E-state index contributed by atoms with van der Waals surface area (Å²) in [4.78, 5) is 20.4. The van der Waals surface area contributed by atoms with Gasteiger partial charge in [-0.3, -0.25) is 9.79 Å². The van der Waals surface area contributed by atoms with Crippen molar-refractivity contribution >= 4 is 30.0 Å². The number of aromatic nitrogens is 1. The molecule has 0 aliphatic heterocycles. The molecular weight excluding hydrogens is 300 g/mol. The van der Waals surface area contributed by atoms with Crippen molar-refractivity contribution in [3.8, 4) is 0 Å². The molecule has 0 aliphatic rings. The quantitative estimate of drug-likeness (QED) is 0.672. The number of anilines is 1. The van der Waals surface area contributed by atoms with E-state index in [4.69, 9.17) is 5.73 Å². The summed E-state index contributed by atoms with van der Waals surface area (Å²) < 4.78 is 0. The van der Waals surface area contributed by atoms with Gasteiger partial charge in [-0.15, -0.1) is 12.4 Å². The predicted octanol–water partition coefficient (Wildman–Crippen LogP) is 2.87. The Balaban J connectivity index is 0.00000242. The molecule has 0 saturated heterocycles. The van der Waals surface area contributed by atoms with Gasteiger partial charge in [0, 0.05) is 23.4 Å². The van der Waals surface area contributed by atoms with Crippen LogP contribution in [0.3, 0.4) is 0 Å². The third kappa shape index (κ3) is 4.86. The highest BCUT2D eigenvalue weighted by Gasteiger charge is 2.07. The van der Waals surface area contributed by atoms with Crippen LogP contribution in [0.2, 0.25) is 0 Å². The van der Waals surface area contributed by atoms with Gasteiger partial charge in [-0.25, -0.2) is 4.98 Å². The number of nitrogens with zero attached hydrogens (tertiary/aromatic N) is 2. The Bertz CT molecular complexity index is 639. The lowest BCUT2D eigenvalue weighted by molar-refractivity contribution is 0.102. The average molecular weight is 319 g/mol. The molecule has 0 saturated carbocycles. The Kier molecular flexibility index (Phi) is 6.53. The van der Waals surface area contributed by atoms with Crippen LogP contribution in [0.15, 0.2) is 53.7 Å². The molecule has 3 N–H and O–H groups in total. The van der Waals surface area contributed by atoms with Crippen molar-refractivity contribution in [1.29, 1.82) is 0 Å². The summed E-state index contributed by atoms with van der Waals surface area (Å²) in [5.74, 6) is 0.786. The van der Waals surface area contributed by atoms with E-state index >= 15 is 0 Å². The second-order valence-electron chi connectivity index (χ2n) is 4.85. The van der Waals surface area contributed by atoms with E-state index in [-0.39, 0.29) is 24.4 Å². The Morgan fingerprint density at radius 3 is 2.32 bits per heavy atom. The average Bonchev–Trinajstić information content (AvgIpc) is 2.47. The SMILES string of the molecule is CC(C)N=C(N)c1ccc(C(=O)Nc2ccccn2)cc1.Cl. The number of hydrogen-bond donors (Lipinski definition) is 2. The van der Waals surface area contributed by atoms with E-state index in [0.717, 1.165) is 5.56 Å². The van der Waals surface area contributed by atoms with Crippen molar-refractivity contribution in [3.63, 3.8) is 0 Å². The Morgan fingerprint density at radius 2 is 1.77 bits per heavy atom. The molecule has 6 heteroatoms. The first kappa shape index (κ1) is 17.7. The lowest BCUT2D eigenvalue weighted by Gasteiger charge is -2.06. The number of aliphatic imine (C=N–C) groups is 1. The third-order valence-electron chi connectivity index (χ3n) is 2.75. The van der Waals surface area contributed by atoms with E-state index in [1.54, 1.807) is 42.6 Å². The largest absolute Gasteiger partial charge is 0.383 e. The predicted molar refractivity (Wildman–Crippen MR) is 91.7 cm³/mol. The molecule has 0 unspecified atom stereocenters. The molecule has 1 aromatic carbocycles. The molecule has 1 heterocycles. The Morgan fingerprint density at radius 1 is 1.14 bits per heavy atom. The van der Waals surface area contributed by atoms with Gasteiger partial charge in [-0.05, 0) is 38.1 Å². The molecule has 2 aromatic rings. The van der Waals surface area contributed by atoms with E-state index in [9.17, 15) is 4.79 Å². The smallest absolute Gasteiger partial charge is 0.256 e. The summed E-state index contributed by atoms with van der Waals surface area (Å²) in [6, 6.07) is 12.5. The topological polar surface area (TPSA) is 80.4 Å². The maximum atomic E-state index is 12.1. The second-order valence-corrected chi connectivity index (χ2v) is 4.85. The number of pyridine rings is 1. The van der Waals surface area contributed by atoms with Gasteiger partial charge < -0.3 is 11.1 Å². The molecule has 116 valence electrons. The second kappa shape index (κ2) is 8.14. The van der Waals surface area contributed by atoms with Gasteiger partial charge >= 0.3 is 0 Å². The number of carbonyl (C=O) groups excluding carboxylic acids is 1. The molecule has 1 aromatic heterocycles. The van der Waals surface area contributed by atoms with Gasteiger partial charge in [-0.2, -0.15) is 0 Å². The van der Waals surface area contributed by atoms with Crippen molar-refractivity contribution in [2.45, 2.75) is 19.9 Å². The zero-order valence-electron chi connectivity index (χ0n) is 12.5. The zero-order valence-corrected chi connectivity index (χ0v) is 13.3. The van der Waals surface area contributed by atoms with Crippen LogP contribution < -0.4 is 11.1 Å². The van der Waals surface area contributed by atoms with Crippen LogP contribution >= 0.6 is 12.4 Å². The number of benzene rings is 1. The van der Waals surface area contributed by atoms with Crippen LogP contribution in [0.5, 0.6) is 0 Å². The molecule has 22 heavy (non-hydrogen) atoms. The van der Waals surface area contributed by atoms with Gasteiger partial charge in [0.15, 0.2) is 0 Å².